The van der Waals surface area contributed by atoms with Crippen LogP contribution in [-0.4, -0.2) is 77.7 Å². The summed E-state index contributed by atoms with van der Waals surface area (Å²) in [7, 11) is 0. The van der Waals surface area contributed by atoms with E-state index < -0.39 is 30.1 Å². The average Bonchev–Trinajstić information content (AvgIpc) is 3.34. The predicted octanol–water partition coefficient (Wildman–Crippen LogP) is 1.97. The highest BCUT2D eigenvalue weighted by Gasteiger charge is 2.42. The van der Waals surface area contributed by atoms with Gasteiger partial charge in [0.1, 0.15) is 12.1 Å². The minimum Gasteiger partial charge on any atom is -0.481 e. The molecule has 8 heteroatoms. The van der Waals surface area contributed by atoms with E-state index in [2.05, 4.69) is 17.4 Å². The molecule has 3 aliphatic heterocycles. The molecule has 31 heavy (non-hydrogen) atoms. The fourth-order valence-electron chi connectivity index (χ4n) is 4.59. The number of piperidine rings is 1. The normalized spacial score (nSPS) is 26.3. The second kappa shape index (κ2) is 9.51. The molecule has 0 aromatic heterocycles. The van der Waals surface area contributed by atoms with E-state index in [1.807, 2.05) is 24.3 Å². The standard InChI is InChI=1S/C23H29N3O5/c27-21(25-12-8-17(9-13-25)16-6-2-1-3-7-16)20-19(22(28)29)14-18(15-24-20)31-23(30)26-10-4-5-11-26/h1-3,6-8,18-20,24H,4-5,9-15H2,(H,28,29)/t18-,19-,20-/m0/s1. The lowest BCUT2D eigenvalue weighted by Gasteiger charge is -2.37. The molecule has 4 rings (SSSR count). The first kappa shape index (κ1) is 21.4. The first-order chi connectivity index (χ1) is 15.0. The van der Waals surface area contributed by atoms with E-state index in [4.69, 9.17) is 4.74 Å². The molecule has 2 saturated heterocycles. The van der Waals surface area contributed by atoms with E-state index >= 15 is 0 Å². The summed E-state index contributed by atoms with van der Waals surface area (Å²) in [6.45, 7) is 2.64. The molecule has 0 radical (unpaired) electrons. The molecular weight excluding hydrogens is 398 g/mol. The number of hydrogen-bond acceptors (Lipinski definition) is 5. The van der Waals surface area contributed by atoms with Gasteiger partial charge in [-0.05, 0) is 30.4 Å². The maximum absolute atomic E-state index is 13.1. The minimum atomic E-state index is -1.05. The van der Waals surface area contributed by atoms with E-state index in [1.54, 1.807) is 9.80 Å². The summed E-state index contributed by atoms with van der Waals surface area (Å²) in [5.41, 5.74) is 2.35. The Kier molecular flexibility index (Phi) is 6.56. The highest BCUT2D eigenvalue weighted by molar-refractivity contribution is 5.88. The Bertz CT molecular complexity index is 850. The van der Waals surface area contributed by atoms with E-state index in [-0.39, 0.29) is 18.9 Å². The van der Waals surface area contributed by atoms with Crippen LogP contribution in [0.1, 0.15) is 31.2 Å². The third-order valence-electron chi connectivity index (χ3n) is 6.37. The molecule has 166 valence electrons. The third-order valence-corrected chi connectivity index (χ3v) is 6.37. The number of nitrogens with one attached hydrogen (secondary N) is 1. The number of ether oxygens (including phenoxy) is 1. The van der Waals surface area contributed by atoms with Crippen LogP contribution in [0.5, 0.6) is 0 Å². The van der Waals surface area contributed by atoms with Gasteiger partial charge in [0.05, 0.1) is 5.92 Å². The molecule has 3 atom stereocenters. The molecule has 2 fully saturated rings. The fourth-order valence-corrected chi connectivity index (χ4v) is 4.59. The monoisotopic (exact) mass is 427 g/mol. The topological polar surface area (TPSA) is 99.2 Å². The number of benzene rings is 1. The number of carbonyl (C=O) groups is 3. The van der Waals surface area contributed by atoms with Crippen LogP contribution in [0.25, 0.3) is 5.57 Å². The van der Waals surface area contributed by atoms with Crippen molar-refractivity contribution < 1.29 is 24.2 Å². The molecule has 1 aromatic carbocycles. The van der Waals surface area contributed by atoms with Crippen molar-refractivity contribution in [2.45, 2.75) is 37.8 Å². The highest BCUT2D eigenvalue weighted by atomic mass is 16.6. The van der Waals surface area contributed by atoms with Gasteiger partial charge in [-0.3, -0.25) is 9.59 Å². The number of carboxylic acid groups (broad SMARTS) is 1. The van der Waals surface area contributed by atoms with Crippen LogP contribution < -0.4 is 5.32 Å². The summed E-state index contributed by atoms with van der Waals surface area (Å²) < 4.78 is 5.52. The maximum atomic E-state index is 13.1. The van der Waals surface area contributed by atoms with E-state index in [1.165, 1.54) is 5.57 Å². The van der Waals surface area contributed by atoms with Crippen LogP contribution >= 0.6 is 0 Å². The Morgan fingerprint density at radius 2 is 1.77 bits per heavy atom. The molecule has 2 N–H and O–H groups in total. The predicted molar refractivity (Wildman–Crippen MR) is 114 cm³/mol. The third kappa shape index (κ3) is 4.90. The van der Waals surface area contributed by atoms with Gasteiger partial charge in [-0.25, -0.2) is 4.79 Å². The van der Waals surface area contributed by atoms with Crippen molar-refractivity contribution in [1.82, 2.24) is 15.1 Å². The summed E-state index contributed by atoms with van der Waals surface area (Å²) >= 11 is 0. The van der Waals surface area contributed by atoms with Gasteiger partial charge in [0.15, 0.2) is 0 Å². The molecule has 0 spiro atoms. The molecule has 3 aliphatic rings. The van der Waals surface area contributed by atoms with Gasteiger partial charge in [-0.1, -0.05) is 36.4 Å². The van der Waals surface area contributed by atoms with E-state index in [0.717, 1.165) is 24.8 Å². The zero-order valence-corrected chi connectivity index (χ0v) is 17.5. The second-order valence-electron chi connectivity index (χ2n) is 8.40. The number of likely N-dealkylation sites (tertiary alicyclic amines) is 1. The number of aliphatic carboxylic acids is 1. The second-order valence-corrected chi connectivity index (χ2v) is 8.40. The zero-order valence-electron chi connectivity index (χ0n) is 17.5. The van der Waals surface area contributed by atoms with Gasteiger partial charge in [0.25, 0.3) is 0 Å². The minimum absolute atomic E-state index is 0.136. The Hall–Kier alpha value is -2.87. The number of carboxylic acids is 1. The van der Waals surface area contributed by atoms with Crippen LogP contribution in [-0.2, 0) is 14.3 Å². The Morgan fingerprint density at radius 3 is 2.42 bits per heavy atom. The van der Waals surface area contributed by atoms with Gasteiger partial charge in [-0.15, -0.1) is 0 Å². The first-order valence-electron chi connectivity index (χ1n) is 11.0. The van der Waals surface area contributed by atoms with Crippen molar-refractivity contribution >= 4 is 23.5 Å². The van der Waals surface area contributed by atoms with Gasteiger partial charge in [0, 0.05) is 39.1 Å². The zero-order chi connectivity index (χ0) is 21.8. The smallest absolute Gasteiger partial charge is 0.410 e. The molecular formula is C23H29N3O5. The molecule has 2 amide bonds. The Morgan fingerprint density at radius 1 is 1.03 bits per heavy atom. The van der Waals surface area contributed by atoms with E-state index in [9.17, 15) is 19.5 Å². The lowest BCUT2D eigenvalue weighted by atomic mass is 9.88. The largest absolute Gasteiger partial charge is 0.481 e. The summed E-state index contributed by atoms with van der Waals surface area (Å²) in [5, 5.41) is 12.8. The number of rotatable bonds is 4. The van der Waals surface area contributed by atoms with Crippen LogP contribution in [0.2, 0.25) is 0 Å². The molecule has 0 saturated carbocycles. The van der Waals surface area contributed by atoms with Crippen LogP contribution in [0.3, 0.4) is 0 Å². The van der Waals surface area contributed by atoms with Crippen molar-refractivity contribution in [2.24, 2.45) is 5.92 Å². The molecule has 0 bridgehead atoms. The summed E-state index contributed by atoms with van der Waals surface area (Å²) in [6.07, 6.45) is 3.88. The molecule has 3 heterocycles. The summed E-state index contributed by atoms with van der Waals surface area (Å²) in [6, 6.07) is 9.24. The SMILES string of the molecule is O=C(O)[C@H]1C[C@H](OC(=O)N2CCCC2)CN[C@@H]1C(=O)N1CC=C(c2ccccc2)CC1. The molecule has 0 unspecified atom stereocenters. The van der Waals surface area contributed by atoms with Gasteiger partial charge in [0.2, 0.25) is 5.91 Å². The fraction of sp³-hybridized carbons (Fsp3) is 0.522. The Balaban J connectivity index is 1.36. The Labute approximate surface area is 181 Å². The lowest BCUT2D eigenvalue weighted by Crippen LogP contribution is -2.59. The van der Waals surface area contributed by atoms with Gasteiger partial charge >= 0.3 is 12.1 Å². The van der Waals surface area contributed by atoms with Crippen molar-refractivity contribution in [2.75, 3.05) is 32.7 Å². The van der Waals surface area contributed by atoms with Crippen LogP contribution in [0, 0.1) is 5.92 Å². The number of carbonyl (C=O) groups excluding carboxylic acids is 2. The number of nitrogens with zero attached hydrogens (tertiary/aromatic N) is 2. The maximum Gasteiger partial charge on any atom is 0.410 e. The molecule has 1 aromatic rings. The molecule has 0 aliphatic carbocycles. The van der Waals surface area contributed by atoms with Crippen molar-refractivity contribution in [3.05, 3.63) is 42.0 Å². The number of amides is 2. The highest BCUT2D eigenvalue weighted by Crippen LogP contribution is 2.26. The van der Waals surface area contributed by atoms with Gasteiger partial charge in [-0.2, -0.15) is 0 Å². The number of hydrogen-bond donors (Lipinski definition) is 2. The first-order valence-corrected chi connectivity index (χ1v) is 11.0. The lowest BCUT2D eigenvalue weighted by molar-refractivity contribution is -0.151. The van der Waals surface area contributed by atoms with E-state index in [0.29, 0.717) is 26.2 Å². The summed E-state index contributed by atoms with van der Waals surface area (Å²) in [5.74, 6) is -2.19. The van der Waals surface area contributed by atoms with Crippen molar-refractivity contribution in [1.29, 1.82) is 0 Å². The average molecular weight is 428 g/mol. The quantitative estimate of drug-likeness (QED) is 0.762. The van der Waals surface area contributed by atoms with Gasteiger partial charge < -0.3 is 25.0 Å². The molecule has 8 nitrogen and oxygen atoms in total. The van der Waals surface area contributed by atoms with Crippen LogP contribution in [0.4, 0.5) is 4.79 Å². The summed E-state index contributed by atoms with van der Waals surface area (Å²) in [4.78, 5) is 40.6. The van der Waals surface area contributed by atoms with Crippen molar-refractivity contribution in [3.63, 3.8) is 0 Å². The van der Waals surface area contributed by atoms with Crippen LogP contribution in [0.15, 0.2) is 36.4 Å². The van der Waals surface area contributed by atoms with Crippen molar-refractivity contribution in [3.8, 4) is 0 Å².